The number of nitrogens with one attached hydrogen (secondary N) is 1. The number of para-hydroxylation sites is 1. The predicted molar refractivity (Wildman–Crippen MR) is 78.4 cm³/mol. The number of rotatable bonds is 5. The average Bonchev–Trinajstić information content (AvgIpc) is 2.96. The van der Waals surface area contributed by atoms with Crippen LogP contribution in [0.15, 0.2) is 30.5 Å². The van der Waals surface area contributed by atoms with Gasteiger partial charge in [-0.2, -0.15) is 5.10 Å². The standard InChI is InChI=1S/C14H13ClF3N3O2/c1-9-3-2-4-11(23-14(16,17)18)13(9)21(12(22)7-15)8-10-5-6-19-20-10/h2-6H,7-8H2,1H3,(H,19,20). The minimum atomic E-state index is -4.87. The fraction of sp³-hybridized carbons (Fsp3) is 0.286. The summed E-state index contributed by atoms with van der Waals surface area (Å²) in [5.41, 5.74) is 1.01. The van der Waals surface area contributed by atoms with Gasteiger partial charge in [0.15, 0.2) is 5.75 Å². The van der Waals surface area contributed by atoms with E-state index in [2.05, 4.69) is 14.9 Å². The number of ether oxygens (including phenoxy) is 1. The van der Waals surface area contributed by atoms with Crippen molar-refractivity contribution in [2.24, 2.45) is 0 Å². The van der Waals surface area contributed by atoms with Crippen molar-refractivity contribution in [1.82, 2.24) is 10.2 Å². The molecule has 0 atom stereocenters. The molecule has 2 rings (SSSR count). The van der Waals surface area contributed by atoms with E-state index in [4.69, 9.17) is 11.6 Å². The molecule has 1 aromatic carbocycles. The number of benzene rings is 1. The molecule has 0 saturated carbocycles. The Bertz CT molecular complexity index is 674. The number of halogens is 4. The van der Waals surface area contributed by atoms with Crippen molar-refractivity contribution in [3.8, 4) is 5.75 Å². The molecule has 0 aliphatic carbocycles. The highest BCUT2D eigenvalue weighted by molar-refractivity contribution is 6.29. The van der Waals surface area contributed by atoms with Gasteiger partial charge in [0.05, 0.1) is 17.9 Å². The van der Waals surface area contributed by atoms with Gasteiger partial charge in [-0.3, -0.25) is 9.89 Å². The number of hydrogen-bond acceptors (Lipinski definition) is 3. The third kappa shape index (κ3) is 4.38. The van der Waals surface area contributed by atoms with Gasteiger partial charge in [-0.1, -0.05) is 12.1 Å². The molecule has 0 fully saturated rings. The van der Waals surface area contributed by atoms with Crippen LogP contribution < -0.4 is 9.64 Å². The van der Waals surface area contributed by atoms with E-state index in [1.54, 1.807) is 19.1 Å². The number of carbonyl (C=O) groups is 1. The number of aromatic nitrogens is 2. The molecule has 0 aliphatic heterocycles. The maximum absolute atomic E-state index is 12.6. The Hall–Kier alpha value is -2.22. The number of hydrogen-bond donors (Lipinski definition) is 1. The molecule has 23 heavy (non-hydrogen) atoms. The Morgan fingerprint density at radius 2 is 2.13 bits per heavy atom. The summed E-state index contributed by atoms with van der Waals surface area (Å²) in [6.45, 7) is 1.57. The van der Waals surface area contributed by atoms with Crippen LogP contribution in [-0.4, -0.2) is 28.3 Å². The zero-order chi connectivity index (χ0) is 17.0. The van der Waals surface area contributed by atoms with Crippen LogP contribution in [0.5, 0.6) is 5.75 Å². The molecule has 9 heteroatoms. The van der Waals surface area contributed by atoms with Crippen molar-refractivity contribution in [2.45, 2.75) is 19.8 Å². The van der Waals surface area contributed by atoms with E-state index in [0.717, 1.165) is 11.0 Å². The second-order valence-electron chi connectivity index (χ2n) is 4.66. The van der Waals surface area contributed by atoms with Crippen LogP contribution in [-0.2, 0) is 11.3 Å². The highest BCUT2D eigenvalue weighted by atomic mass is 35.5. The lowest BCUT2D eigenvalue weighted by Crippen LogP contribution is -2.33. The zero-order valence-corrected chi connectivity index (χ0v) is 12.8. The molecule has 0 spiro atoms. The number of carbonyl (C=O) groups excluding carboxylic acids is 1. The van der Waals surface area contributed by atoms with E-state index in [-0.39, 0.29) is 18.1 Å². The molecule has 1 heterocycles. The van der Waals surface area contributed by atoms with Crippen molar-refractivity contribution in [3.63, 3.8) is 0 Å². The second kappa shape index (κ2) is 6.91. The van der Waals surface area contributed by atoms with E-state index in [9.17, 15) is 18.0 Å². The number of aryl methyl sites for hydroxylation is 1. The first kappa shape index (κ1) is 17.1. The maximum atomic E-state index is 12.6. The number of H-pyrrole nitrogens is 1. The second-order valence-corrected chi connectivity index (χ2v) is 4.93. The number of nitrogens with zero attached hydrogens (tertiary/aromatic N) is 2. The molecule has 0 bridgehead atoms. The highest BCUT2D eigenvalue weighted by Crippen LogP contribution is 2.36. The average molecular weight is 348 g/mol. The van der Waals surface area contributed by atoms with Gasteiger partial charge in [0.1, 0.15) is 5.88 Å². The largest absolute Gasteiger partial charge is 0.573 e. The van der Waals surface area contributed by atoms with Crippen molar-refractivity contribution < 1.29 is 22.7 Å². The third-order valence-corrected chi connectivity index (χ3v) is 3.23. The molecule has 0 unspecified atom stereocenters. The Kier molecular flexibility index (Phi) is 5.15. The molecule has 0 radical (unpaired) electrons. The first-order valence-corrected chi connectivity index (χ1v) is 7.05. The van der Waals surface area contributed by atoms with Crippen LogP contribution in [0.1, 0.15) is 11.3 Å². The van der Waals surface area contributed by atoms with Crippen LogP contribution in [0.4, 0.5) is 18.9 Å². The van der Waals surface area contributed by atoms with Gasteiger partial charge >= 0.3 is 6.36 Å². The predicted octanol–water partition coefficient (Wildman–Crippen LogP) is 3.39. The zero-order valence-electron chi connectivity index (χ0n) is 12.0. The van der Waals surface area contributed by atoms with Gasteiger partial charge in [0, 0.05) is 6.20 Å². The summed E-state index contributed by atoms with van der Waals surface area (Å²) in [5, 5.41) is 6.40. The number of alkyl halides is 4. The first-order chi connectivity index (χ1) is 10.8. The van der Waals surface area contributed by atoms with Gasteiger partial charge in [-0.05, 0) is 24.6 Å². The lowest BCUT2D eigenvalue weighted by molar-refractivity contribution is -0.274. The summed E-state index contributed by atoms with van der Waals surface area (Å²) in [5.74, 6) is -1.40. The van der Waals surface area contributed by atoms with E-state index < -0.39 is 18.0 Å². The van der Waals surface area contributed by atoms with E-state index in [0.29, 0.717) is 11.3 Å². The fourth-order valence-electron chi connectivity index (χ4n) is 2.09. The van der Waals surface area contributed by atoms with Crippen molar-refractivity contribution in [1.29, 1.82) is 0 Å². The normalized spacial score (nSPS) is 11.3. The van der Waals surface area contributed by atoms with Gasteiger partial charge in [-0.15, -0.1) is 24.8 Å². The molecule has 1 amide bonds. The maximum Gasteiger partial charge on any atom is 0.573 e. The number of amides is 1. The summed E-state index contributed by atoms with van der Waals surface area (Å²) in [6.07, 6.45) is -3.39. The van der Waals surface area contributed by atoms with Crippen molar-refractivity contribution >= 4 is 23.2 Å². The topological polar surface area (TPSA) is 58.2 Å². The van der Waals surface area contributed by atoms with Gasteiger partial charge in [-0.25, -0.2) is 0 Å². The van der Waals surface area contributed by atoms with Gasteiger partial charge < -0.3 is 9.64 Å². The van der Waals surface area contributed by atoms with E-state index in [1.807, 2.05) is 0 Å². The van der Waals surface area contributed by atoms with Crippen LogP contribution >= 0.6 is 11.6 Å². The smallest absolute Gasteiger partial charge is 0.404 e. The molecule has 2 aromatic rings. The third-order valence-electron chi connectivity index (χ3n) is 3.00. The monoisotopic (exact) mass is 347 g/mol. The SMILES string of the molecule is Cc1cccc(OC(F)(F)F)c1N(Cc1ccn[nH]1)C(=O)CCl. The Morgan fingerprint density at radius 3 is 2.70 bits per heavy atom. The lowest BCUT2D eigenvalue weighted by Gasteiger charge is -2.26. The molecule has 0 saturated heterocycles. The molecule has 5 nitrogen and oxygen atoms in total. The van der Waals surface area contributed by atoms with Gasteiger partial charge in [0.25, 0.3) is 0 Å². The molecule has 0 aliphatic rings. The summed E-state index contributed by atoms with van der Waals surface area (Å²) in [4.78, 5) is 13.3. The van der Waals surface area contributed by atoms with Crippen LogP contribution in [0, 0.1) is 6.92 Å². The van der Waals surface area contributed by atoms with Crippen molar-refractivity contribution in [3.05, 3.63) is 41.7 Å². The Balaban J connectivity index is 2.46. The molecule has 124 valence electrons. The minimum absolute atomic E-state index is 0.00930. The van der Waals surface area contributed by atoms with Crippen LogP contribution in [0.3, 0.4) is 0 Å². The lowest BCUT2D eigenvalue weighted by atomic mass is 10.1. The van der Waals surface area contributed by atoms with Crippen LogP contribution in [0.25, 0.3) is 0 Å². The van der Waals surface area contributed by atoms with Crippen LogP contribution in [0.2, 0.25) is 0 Å². The van der Waals surface area contributed by atoms with E-state index in [1.165, 1.54) is 12.3 Å². The molecular weight excluding hydrogens is 335 g/mol. The first-order valence-electron chi connectivity index (χ1n) is 6.51. The Morgan fingerprint density at radius 1 is 1.39 bits per heavy atom. The Labute approximate surface area is 135 Å². The van der Waals surface area contributed by atoms with Crippen molar-refractivity contribution in [2.75, 3.05) is 10.8 Å². The fourth-order valence-corrected chi connectivity index (χ4v) is 2.24. The summed E-state index contributed by atoms with van der Waals surface area (Å²) >= 11 is 5.59. The summed E-state index contributed by atoms with van der Waals surface area (Å²) < 4.78 is 41.9. The quantitative estimate of drug-likeness (QED) is 0.843. The molecule has 1 N–H and O–H groups in total. The minimum Gasteiger partial charge on any atom is -0.404 e. The summed E-state index contributed by atoms with van der Waals surface area (Å²) in [7, 11) is 0. The molecular formula is C14H13ClF3N3O2. The molecule has 1 aromatic heterocycles. The van der Waals surface area contributed by atoms with Gasteiger partial charge in [0.2, 0.25) is 5.91 Å². The number of anilines is 1. The van der Waals surface area contributed by atoms with E-state index >= 15 is 0 Å². The highest BCUT2D eigenvalue weighted by Gasteiger charge is 2.34. The number of aromatic amines is 1. The summed E-state index contributed by atoms with van der Waals surface area (Å²) in [6, 6.07) is 5.76.